The number of nitrogens with two attached hydrogens (primary N) is 1. The summed E-state index contributed by atoms with van der Waals surface area (Å²) in [6.07, 6.45) is 3.41. The molecule has 1 aromatic heterocycles. The van der Waals surface area contributed by atoms with Crippen LogP contribution in [0.3, 0.4) is 0 Å². The van der Waals surface area contributed by atoms with Crippen LogP contribution in [0.2, 0.25) is 0 Å². The van der Waals surface area contributed by atoms with Crippen LogP contribution in [0.25, 0.3) is 0 Å². The number of hydrogen-bond donors (Lipinski definition) is 2. The van der Waals surface area contributed by atoms with Gasteiger partial charge in [-0.15, -0.1) is 0 Å². The van der Waals surface area contributed by atoms with E-state index in [0.717, 1.165) is 18.5 Å². The van der Waals surface area contributed by atoms with Gasteiger partial charge in [0.05, 0.1) is 4.90 Å². The molecule has 1 aliphatic heterocycles. The van der Waals surface area contributed by atoms with Crippen molar-refractivity contribution in [2.24, 2.45) is 5.73 Å². The highest BCUT2D eigenvalue weighted by Gasteiger charge is 2.27. The minimum Gasteiger partial charge on any atom is -0.363 e. The van der Waals surface area contributed by atoms with E-state index in [1.54, 1.807) is 6.07 Å². The monoisotopic (exact) mass is 229 g/mol. The summed E-state index contributed by atoms with van der Waals surface area (Å²) in [5.41, 5.74) is 6.16. The van der Waals surface area contributed by atoms with Crippen LogP contribution in [0.15, 0.2) is 17.2 Å². The zero-order chi connectivity index (χ0) is 10.9. The minimum atomic E-state index is -3.28. The van der Waals surface area contributed by atoms with Gasteiger partial charge in [0.25, 0.3) is 0 Å². The summed E-state index contributed by atoms with van der Waals surface area (Å²) in [7, 11) is -3.28. The van der Waals surface area contributed by atoms with Crippen molar-refractivity contribution in [2.75, 3.05) is 13.1 Å². The van der Waals surface area contributed by atoms with Crippen LogP contribution >= 0.6 is 0 Å². The van der Waals surface area contributed by atoms with Crippen molar-refractivity contribution in [2.45, 2.75) is 24.3 Å². The van der Waals surface area contributed by atoms with Crippen molar-refractivity contribution >= 4 is 10.0 Å². The Hall–Kier alpha value is -0.850. The Kier molecular flexibility index (Phi) is 2.81. The van der Waals surface area contributed by atoms with E-state index < -0.39 is 10.0 Å². The Morgan fingerprint density at radius 2 is 2.07 bits per heavy atom. The number of nitrogens with one attached hydrogen (secondary N) is 1. The molecule has 0 saturated carbocycles. The van der Waals surface area contributed by atoms with E-state index in [4.69, 9.17) is 5.73 Å². The van der Waals surface area contributed by atoms with Gasteiger partial charge in [0, 0.05) is 31.5 Å². The quantitative estimate of drug-likeness (QED) is 0.780. The molecule has 0 radical (unpaired) electrons. The summed E-state index contributed by atoms with van der Waals surface area (Å²) in [4.78, 5) is 3.18. The third-order valence-electron chi connectivity index (χ3n) is 2.64. The normalized spacial score (nSPS) is 18.5. The SMILES string of the molecule is NCc1cc(S(=O)(=O)N2CCCC2)c[nH]1. The van der Waals surface area contributed by atoms with Gasteiger partial charge in [0.2, 0.25) is 10.0 Å². The number of aromatic amines is 1. The molecule has 0 aromatic carbocycles. The molecule has 5 nitrogen and oxygen atoms in total. The predicted molar refractivity (Wildman–Crippen MR) is 56.7 cm³/mol. The van der Waals surface area contributed by atoms with Crippen molar-refractivity contribution in [3.05, 3.63) is 18.0 Å². The predicted octanol–water partition coefficient (Wildman–Crippen LogP) is 0.258. The molecule has 3 N–H and O–H groups in total. The van der Waals surface area contributed by atoms with Crippen molar-refractivity contribution in [1.29, 1.82) is 0 Å². The Labute approximate surface area is 89.3 Å². The van der Waals surface area contributed by atoms with Crippen molar-refractivity contribution in [1.82, 2.24) is 9.29 Å². The highest BCUT2D eigenvalue weighted by Crippen LogP contribution is 2.21. The first-order valence-electron chi connectivity index (χ1n) is 5.02. The molecular formula is C9H15N3O2S. The minimum absolute atomic E-state index is 0.324. The first kappa shape index (κ1) is 10.7. The van der Waals surface area contributed by atoms with Crippen LogP contribution in [0, 0.1) is 0 Å². The molecule has 0 spiro atoms. The molecular weight excluding hydrogens is 214 g/mol. The third-order valence-corrected chi connectivity index (χ3v) is 4.52. The fourth-order valence-electron chi connectivity index (χ4n) is 1.76. The molecule has 0 amide bonds. The molecule has 0 aliphatic carbocycles. The van der Waals surface area contributed by atoms with Gasteiger partial charge in [0.1, 0.15) is 0 Å². The molecule has 1 aromatic rings. The van der Waals surface area contributed by atoms with Crippen LogP contribution < -0.4 is 5.73 Å². The molecule has 1 fully saturated rings. The Balaban J connectivity index is 2.28. The maximum Gasteiger partial charge on any atom is 0.244 e. The smallest absolute Gasteiger partial charge is 0.244 e. The molecule has 6 heteroatoms. The van der Waals surface area contributed by atoms with Crippen LogP contribution in [0.4, 0.5) is 0 Å². The molecule has 1 saturated heterocycles. The average molecular weight is 229 g/mol. The molecule has 15 heavy (non-hydrogen) atoms. The second-order valence-electron chi connectivity index (χ2n) is 3.68. The van der Waals surface area contributed by atoms with Gasteiger partial charge in [-0.25, -0.2) is 8.42 Å². The Morgan fingerprint density at radius 3 is 2.60 bits per heavy atom. The lowest BCUT2D eigenvalue weighted by molar-refractivity contribution is 0.477. The van der Waals surface area contributed by atoms with Gasteiger partial charge >= 0.3 is 0 Å². The number of hydrogen-bond acceptors (Lipinski definition) is 3. The van der Waals surface area contributed by atoms with E-state index in [-0.39, 0.29) is 0 Å². The van der Waals surface area contributed by atoms with Crippen LogP contribution in [-0.2, 0) is 16.6 Å². The lowest BCUT2D eigenvalue weighted by atomic mass is 10.4. The second kappa shape index (κ2) is 3.96. The lowest BCUT2D eigenvalue weighted by Crippen LogP contribution is -2.27. The summed E-state index contributed by atoms with van der Waals surface area (Å²) in [6.45, 7) is 1.59. The summed E-state index contributed by atoms with van der Waals surface area (Å²) in [5, 5.41) is 0. The van der Waals surface area contributed by atoms with Crippen LogP contribution in [0.5, 0.6) is 0 Å². The highest BCUT2D eigenvalue weighted by molar-refractivity contribution is 7.89. The van der Waals surface area contributed by atoms with Crippen LogP contribution in [-0.4, -0.2) is 30.8 Å². The molecule has 1 aliphatic rings. The number of sulfonamides is 1. The fraction of sp³-hybridized carbons (Fsp3) is 0.556. The highest BCUT2D eigenvalue weighted by atomic mass is 32.2. The number of rotatable bonds is 3. The van der Waals surface area contributed by atoms with Crippen molar-refractivity contribution in [3.63, 3.8) is 0 Å². The van der Waals surface area contributed by atoms with E-state index >= 15 is 0 Å². The Bertz CT molecular complexity index is 432. The number of H-pyrrole nitrogens is 1. The van der Waals surface area contributed by atoms with Gasteiger partial charge < -0.3 is 10.7 Å². The summed E-state index contributed by atoms with van der Waals surface area (Å²) in [6, 6.07) is 1.60. The zero-order valence-corrected chi connectivity index (χ0v) is 9.26. The van der Waals surface area contributed by atoms with E-state index in [0.29, 0.717) is 24.5 Å². The largest absolute Gasteiger partial charge is 0.363 e. The summed E-state index contributed by atoms with van der Waals surface area (Å²) >= 11 is 0. The zero-order valence-electron chi connectivity index (χ0n) is 8.44. The van der Waals surface area contributed by atoms with Crippen LogP contribution in [0.1, 0.15) is 18.5 Å². The van der Waals surface area contributed by atoms with E-state index in [1.807, 2.05) is 0 Å². The summed E-state index contributed by atoms with van der Waals surface area (Å²) < 4.78 is 25.6. The molecule has 2 rings (SSSR count). The second-order valence-corrected chi connectivity index (χ2v) is 5.61. The number of aromatic nitrogens is 1. The first-order chi connectivity index (χ1) is 7.14. The third kappa shape index (κ3) is 1.92. The first-order valence-corrected chi connectivity index (χ1v) is 6.46. The average Bonchev–Trinajstić information content (AvgIpc) is 2.89. The molecule has 0 atom stereocenters. The van der Waals surface area contributed by atoms with E-state index in [9.17, 15) is 8.42 Å². The van der Waals surface area contributed by atoms with Gasteiger partial charge in [-0.2, -0.15) is 4.31 Å². The summed E-state index contributed by atoms with van der Waals surface area (Å²) in [5.74, 6) is 0. The van der Waals surface area contributed by atoms with E-state index in [1.165, 1.54) is 10.5 Å². The number of nitrogens with zero attached hydrogens (tertiary/aromatic N) is 1. The lowest BCUT2D eigenvalue weighted by Gasteiger charge is -2.13. The van der Waals surface area contributed by atoms with Gasteiger partial charge in [-0.1, -0.05) is 0 Å². The molecule has 0 bridgehead atoms. The maximum absolute atomic E-state index is 12.0. The van der Waals surface area contributed by atoms with Gasteiger partial charge in [0.15, 0.2) is 0 Å². The van der Waals surface area contributed by atoms with Gasteiger partial charge in [-0.3, -0.25) is 0 Å². The molecule has 84 valence electrons. The van der Waals surface area contributed by atoms with E-state index in [2.05, 4.69) is 4.98 Å². The topological polar surface area (TPSA) is 79.2 Å². The fourth-order valence-corrected chi connectivity index (χ4v) is 3.30. The maximum atomic E-state index is 12.0. The standard InChI is InChI=1S/C9H15N3O2S/c10-6-8-5-9(7-11-8)15(13,14)12-3-1-2-4-12/h5,7,11H,1-4,6,10H2. The van der Waals surface area contributed by atoms with Gasteiger partial charge in [-0.05, 0) is 18.9 Å². The molecule has 2 heterocycles. The van der Waals surface area contributed by atoms with Crippen molar-refractivity contribution < 1.29 is 8.42 Å². The van der Waals surface area contributed by atoms with Crippen molar-refractivity contribution in [3.8, 4) is 0 Å². The Morgan fingerprint density at radius 1 is 1.40 bits per heavy atom. The molecule has 0 unspecified atom stereocenters.